The molecule has 1 amide bonds. The number of benzene rings is 1. The highest BCUT2D eigenvalue weighted by Gasteiger charge is 2.58. The molecule has 2 aliphatic rings. The summed E-state index contributed by atoms with van der Waals surface area (Å²) in [5.41, 5.74) is 0.882. The molecule has 0 N–H and O–H groups in total. The number of methoxy groups -OCH3 is 1. The van der Waals surface area contributed by atoms with Crippen LogP contribution < -0.4 is 0 Å². The molecular weight excluding hydrogens is 286 g/mol. The van der Waals surface area contributed by atoms with Gasteiger partial charge in [0.1, 0.15) is 12.6 Å². The van der Waals surface area contributed by atoms with Gasteiger partial charge in [0.15, 0.2) is 0 Å². The van der Waals surface area contributed by atoms with Gasteiger partial charge in [-0.1, -0.05) is 30.3 Å². The molecule has 3 atom stereocenters. The molecule has 1 aromatic carbocycles. The molecule has 116 valence electrons. The molecule has 1 saturated carbocycles. The van der Waals surface area contributed by atoms with Crippen molar-refractivity contribution >= 4 is 17.8 Å². The second-order valence-corrected chi connectivity index (χ2v) is 5.65. The largest absolute Gasteiger partial charge is 0.462 e. The van der Waals surface area contributed by atoms with Crippen LogP contribution in [0.2, 0.25) is 0 Å². The number of ether oxygens (including phenoxy) is 2. The van der Waals surface area contributed by atoms with E-state index in [1.54, 1.807) is 0 Å². The van der Waals surface area contributed by atoms with Crippen molar-refractivity contribution in [2.24, 2.45) is 11.8 Å². The number of esters is 2. The Labute approximate surface area is 128 Å². The maximum Gasteiger partial charge on any atom is 0.396 e. The molecule has 0 spiro atoms. The smallest absolute Gasteiger partial charge is 0.396 e. The number of nitrogens with zero attached hydrogens (tertiary/aromatic N) is 1. The highest BCUT2D eigenvalue weighted by molar-refractivity contribution is 6.32. The molecule has 0 aromatic heterocycles. The van der Waals surface area contributed by atoms with E-state index >= 15 is 0 Å². The van der Waals surface area contributed by atoms with Crippen LogP contribution in [0, 0.1) is 11.8 Å². The normalized spacial score (nSPS) is 25.3. The molecule has 6 nitrogen and oxygen atoms in total. The van der Waals surface area contributed by atoms with Crippen molar-refractivity contribution in [3.63, 3.8) is 0 Å². The summed E-state index contributed by atoms with van der Waals surface area (Å²) in [4.78, 5) is 37.0. The van der Waals surface area contributed by atoms with Gasteiger partial charge in [-0.3, -0.25) is 4.79 Å². The van der Waals surface area contributed by atoms with Crippen LogP contribution in [0.5, 0.6) is 0 Å². The van der Waals surface area contributed by atoms with E-state index in [0.29, 0.717) is 12.5 Å². The summed E-state index contributed by atoms with van der Waals surface area (Å²) < 4.78 is 9.77. The zero-order valence-corrected chi connectivity index (χ0v) is 12.2. The number of amides is 1. The van der Waals surface area contributed by atoms with Crippen molar-refractivity contribution in [1.82, 2.24) is 4.90 Å². The Morgan fingerprint density at radius 1 is 1.23 bits per heavy atom. The van der Waals surface area contributed by atoms with E-state index in [4.69, 9.17) is 4.74 Å². The fraction of sp³-hybridized carbons (Fsp3) is 0.438. The third kappa shape index (κ3) is 2.68. The van der Waals surface area contributed by atoms with Crippen LogP contribution in [0.4, 0.5) is 0 Å². The van der Waals surface area contributed by atoms with Gasteiger partial charge in [-0.05, 0) is 23.8 Å². The maximum absolute atomic E-state index is 12.3. The van der Waals surface area contributed by atoms with Gasteiger partial charge in [0.25, 0.3) is 0 Å². The molecule has 0 bridgehead atoms. The van der Waals surface area contributed by atoms with Gasteiger partial charge in [-0.15, -0.1) is 0 Å². The minimum absolute atomic E-state index is 0.108. The molecule has 6 heteroatoms. The van der Waals surface area contributed by atoms with Gasteiger partial charge in [0.05, 0.1) is 7.11 Å². The van der Waals surface area contributed by atoms with E-state index in [2.05, 4.69) is 4.74 Å². The molecule has 1 aliphatic heterocycles. The Morgan fingerprint density at radius 2 is 1.95 bits per heavy atom. The number of carbonyl (C=O) groups excluding carboxylic acids is 3. The summed E-state index contributed by atoms with van der Waals surface area (Å²) in [5.74, 6) is -1.76. The summed E-state index contributed by atoms with van der Waals surface area (Å²) in [6, 6.07) is 8.66. The van der Waals surface area contributed by atoms with Gasteiger partial charge in [-0.2, -0.15) is 0 Å². The molecule has 0 radical (unpaired) electrons. The lowest BCUT2D eigenvalue weighted by Gasteiger charge is -2.24. The molecular formula is C16H17NO5. The first-order chi connectivity index (χ1) is 10.6. The van der Waals surface area contributed by atoms with Crippen molar-refractivity contribution in [3.05, 3.63) is 35.9 Å². The molecule has 1 aliphatic carbocycles. The highest BCUT2D eigenvalue weighted by atomic mass is 16.5. The van der Waals surface area contributed by atoms with Crippen molar-refractivity contribution in [2.75, 3.05) is 13.7 Å². The average molecular weight is 303 g/mol. The van der Waals surface area contributed by atoms with Crippen LogP contribution in [-0.4, -0.2) is 42.4 Å². The van der Waals surface area contributed by atoms with Crippen molar-refractivity contribution in [2.45, 2.75) is 19.1 Å². The molecule has 1 unspecified atom stereocenters. The molecule has 2 fully saturated rings. The quantitative estimate of drug-likeness (QED) is 0.608. The predicted molar refractivity (Wildman–Crippen MR) is 75.4 cm³/mol. The third-order valence-electron chi connectivity index (χ3n) is 4.24. The number of hydrogen-bond donors (Lipinski definition) is 0. The van der Waals surface area contributed by atoms with Crippen LogP contribution in [0.15, 0.2) is 30.3 Å². The van der Waals surface area contributed by atoms with Crippen molar-refractivity contribution in [3.8, 4) is 0 Å². The molecule has 3 rings (SSSR count). The molecule has 1 aromatic rings. The van der Waals surface area contributed by atoms with Gasteiger partial charge < -0.3 is 14.4 Å². The number of likely N-dealkylation sites (tertiary alicyclic amines) is 1. The van der Waals surface area contributed by atoms with Gasteiger partial charge in [0, 0.05) is 6.54 Å². The van der Waals surface area contributed by atoms with E-state index in [0.717, 1.165) is 19.1 Å². The second-order valence-electron chi connectivity index (χ2n) is 5.65. The van der Waals surface area contributed by atoms with Gasteiger partial charge >= 0.3 is 17.8 Å². The SMILES string of the molecule is COC(=O)C(=O)N1CC2C[C@@H]2[C@@H]1C(=O)OCc1ccccc1. The summed E-state index contributed by atoms with van der Waals surface area (Å²) in [5, 5.41) is 0. The Bertz CT molecular complexity index is 600. The number of hydrogen-bond acceptors (Lipinski definition) is 5. The number of carbonyl (C=O) groups is 3. The third-order valence-corrected chi connectivity index (χ3v) is 4.24. The lowest BCUT2D eigenvalue weighted by Crippen LogP contribution is -2.47. The number of piperidine rings is 1. The van der Waals surface area contributed by atoms with E-state index < -0.39 is 23.9 Å². The molecule has 22 heavy (non-hydrogen) atoms. The van der Waals surface area contributed by atoms with Gasteiger partial charge in [0.2, 0.25) is 0 Å². The second kappa shape index (κ2) is 5.79. The van der Waals surface area contributed by atoms with Crippen molar-refractivity contribution < 1.29 is 23.9 Å². The summed E-state index contributed by atoms with van der Waals surface area (Å²) in [7, 11) is 1.15. The van der Waals surface area contributed by atoms with Crippen LogP contribution in [0.25, 0.3) is 0 Å². The van der Waals surface area contributed by atoms with Crippen LogP contribution in [-0.2, 0) is 30.5 Å². The molecule has 1 saturated heterocycles. The standard InChI is InChI=1S/C16H17NO5/c1-21-16(20)14(18)17-8-11-7-12(11)13(17)15(19)22-9-10-5-3-2-4-6-10/h2-6,11-13H,7-9H2,1H3/t11?,12-,13+/m0/s1. The van der Waals surface area contributed by atoms with Gasteiger partial charge in [-0.25, -0.2) is 9.59 Å². The zero-order chi connectivity index (χ0) is 15.7. The number of rotatable bonds is 3. The fourth-order valence-corrected chi connectivity index (χ4v) is 2.99. The minimum atomic E-state index is -0.942. The predicted octanol–water partition coefficient (Wildman–Crippen LogP) is 0.750. The van der Waals surface area contributed by atoms with Crippen LogP contribution in [0.1, 0.15) is 12.0 Å². The first kappa shape index (κ1) is 14.6. The lowest BCUT2D eigenvalue weighted by atomic mass is 10.2. The Balaban J connectivity index is 1.65. The van der Waals surface area contributed by atoms with Crippen LogP contribution in [0.3, 0.4) is 0 Å². The summed E-state index contributed by atoms with van der Waals surface area (Å²) >= 11 is 0. The Hall–Kier alpha value is -2.37. The number of fused-ring (bicyclic) bond motifs is 1. The average Bonchev–Trinajstić information content (AvgIpc) is 3.22. The Morgan fingerprint density at radius 3 is 2.64 bits per heavy atom. The lowest BCUT2D eigenvalue weighted by molar-refractivity contribution is -0.163. The summed E-state index contributed by atoms with van der Waals surface area (Å²) in [6.07, 6.45) is 0.899. The van der Waals surface area contributed by atoms with E-state index in [1.807, 2.05) is 30.3 Å². The highest BCUT2D eigenvalue weighted by Crippen LogP contribution is 2.49. The topological polar surface area (TPSA) is 72.9 Å². The maximum atomic E-state index is 12.3. The Kier molecular flexibility index (Phi) is 3.83. The minimum Gasteiger partial charge on any atom is -0.462 e. The monoisotopic (exact) mass is 303 g/mol. The first-order valence-corrected chi connectivity index (χ1v) is 7.21. The summed E-state index contributed by atoms with van der Waals surface area (Å²) in [6.45, 7) is 0.581. The van der Waals surface area contributed by atoms with E-state index in [1.165, 1.54) is 4.90 Å². The van der Waals surface area contributed by atoms with E-state index in [9.17, 15) is 14.4 Å². The van der Waals surface area contributed by atoms with Crippen LogP contribution >= 0.6 is 0 Å². The molecule has 1 heterocycles. The fourth-order valence-electron chi connectivity index (χ4n) is 2.99. The van der Waals surface area contributed by atoms with Crippen molar-refractivity contribution in [1.29, 1.82) is 0 Å². The zero-order valence-electron chi connectivity index (χ0n) is 12.2. The first-order valence-electron chi connectivity index (χ1n) is 7.21. The van der Waals surface area contributed by atoms with E-state index in [-0.39, 0.29) is 12.5 Å².